The molecule has 0 saturated heterocycles. The molecule has 44 heavy (non-hydrogen) atoms. The largest absolute Gasteiger partial charge is 0.481 e. The van der Waals surface area contributed by atoms with Crippen LogP contribution in [-0.2, 0) is 33.2 Å². The second kappa shape index (κ2) is 13.6. The van der Waals surface area contributed by atoms with Gasteiger partial charge in [-0.3, -0.25) is 14.3 Å². The minimum atomic E-state index is -4.05. The van der Waals surface area contributed by atoms with Crippen molar-refractivity contribution in [2.24, 2.45) is 13.0 Å². The van der Waals surface area contributed by atoms with Gasteiger partial charge in [0.05, 0.1) is 42.3 Å². The van der Waals surface area contributed by atoms with Gasteiger partial charge in [-0.15, -0.1) is 0 Å². The first-order chi connectivity index (χ1) is 21.0. The van der Waals surface area contributed by atoms with Crippen LogP contribution in [0.4, 0.5) is 5.69 Å². The number of aliphatic carboxylic acids is 1. The number of anilines is 1. The number of ether oxygens (including phenoxy) is 1. The number of pyridine rings is 1. The Bertz CT molecular complexity index is 1580. The monoisotopic (exact) mass is 642 g/mol. The molecule has 0 radical (unpaired) electrons. The molecule has 2 atom stereocenters. The zero-order valence-corrected chi connectivity index (χ0v) is 26.7. The fourth-order valence-electron chi connectivity index (χ4n) is 5.71. The molecule has 2 unspecified atom stereocenters. The number of fused-ring (bicyclic) bond motifs is 1. The van der Waals surface area contributed by atoms with Gasteiger partial charge in [-0.2, -0.15) is 9.40 Å². The normalized spacial score (nSPS) is 17.3. The Morgan fingerprint density at radius 3 is 2.57 bits per heavy atom. The third-order valence-electron chi connectivity index (χ3n) is 8.19. The third kappa shape index (κ3) is 7.36. The molecule has 3 heterocycles. The van der Waals surface area contributed by atoms with Gasteiger partial charge < -0.3 is 20.5 Å². The predicted molar refractivity (Wildman–Crippen MR) is 166 cm³/mol. The number of amides is 1. The highest BCUT2D eigenvalue weighted by molar-refractivity contribution is 8.00. The number of nitrogens with one attached hydrogen (secondary N) is 2. The SMILES string of the molecule is COc1ccc2c(n1)SC(NC(=O)C(CC1CCCC1)c1ccc(S(=O)(=O)N(CCC(=O)O)Cc3cc(C)n(C)n3)cc1)N2. The Kier molecular flexibility index (Phi) is 9.81. The minimum absolute atomic E-state index is 0.0304. The van der Waals surface area contributed by atoms with Crippen molar-refractivity contribution in [2.45, 2.75) is 73.3 Å². The molecule has 3 N–H and O–H groups in total. The standard InChI is InChI=1S/C30H38N6O6S2/c1-19-16-22(34-35(19)2)18-36(15-14-27(37)38)44(40,41)23-10-8-21(9-11-23)24(17-20-6-4-5-7-20)28(39)33-30-31-25-12-13-26(42-3)32-29(25)43-30/h8-13,16,20,24,30-31H,4-7,14-15,17-18H2,1-3H3,(H,33,39)(H,37,38). The summed E-state index contributed by atoms with van der Waals surface area (Å²) in [5.41, 5.74) is 2.53. The first-order valence-corrected chi connectivity index (χ1v) is 17.0. The molecule has 0 spiro atoms. The van der Waals surface area contributed by atoms with Gasteiger partial charge in [-0.25, -0.2) is 13.4 Å². The van der Waals surface area contributed by atoms with E-state index in [9.17, 15) is 23.1 Å². The van der Waals surface area contributed by atoms with E-state index >= 15 is 0 Å². The average Bonchev–Trinajstić information content (AvgIpc) is 3.73. The van der Waals surface area contributed by atoms with Gasteiger partial charge in [-0.1, -0.05) is 49.6 Å². The van der Waals surface area contributed by atoms with Crippen LogP contribution in [0.5, 0.6) is 5.88 Å². The molecule has 1 saturated carbocycles. The maximum Gasteiger partial charge on any atom is 0.304 e. The number of hydrogen-bond donors (Lipinski definition) is 3. The van der Waals surface area contributed by atoms with Gasteiger partial charge in [0.15, 0.2) is 5.50 Å². The molecule has 3 aromatic rings. The number of hydrogen-bond acceptors (Lipinski definition) is 9. The first-order valence-electron chi connectivity index (χ1n) is 14.6. The summed E-state index contributed by atoms with van der Waals surface area (Å²) in [5.74, 6) is -0.800. The molecule has 12 nitrogen and oxygen atoms in total. The minimum Gasteiger partial charge on any atom is -0.481 e. The molecule has 14 heteroatoms. The zero-order chi connectivity index (χ0) is 31.4. The van der Waals surface area contributed by atoms with Crippen molar-refractivity contribution in [3.05, 3.63) is 59.4 Å². The number of carbonyl (C=O) groups excluding carboxylic acids is 1. The predicted octanol–water partition coefficient (Wildman–Crippen LogP) is 4.08. The van der Waals surface area contributed by atoms with Crippen molar-refractivity contribution in [3.63, 3.8) is 0 Å². The lowest BCUT2D eigenvalue weighted by Gasteiger charge is -2.24. The highest BCUT2D eigenvalue weighted by Crippen LogP contribution is 2.39. The summed E-state index contributed by atoms with van der Waals surface area (Å²) >= 11 is 1.40. The first kappa shape index (κ1) is 31.8. The van der Waals surface area contributed by atoms with E-state index in [1.54, 1.807) is 43.1 Å². The van der Waals surface area contributed by atoms with E-state index < -0.39 is 27.4 Å². The molecule has 1 amide bonds. The summed E-state index contributed by atoms with van der Waals surface area (Å²) in [6.45, 7) is 1.61. The number of methoxy groups -OCH3 is 1. The van der Waals surface area contributed by atoms with E-state index in [-0.39, 0.29) is 30.3 Å². The van der Waals surface area contributed by atoms with Crippen LogP contribution in [0, 0.1) is 12.8 Å². The number of carboxylic acid groups (broad SMARTS) is 1. The highest BCUT2D eigenvalue weighted by Gasteiger charge is 2.32. The lowest BCUT2D eigenvalue weighted by Crippen LogP contribution is -2.39. The van der Waals surface area contributed by atoms with E-state index in [2.05, 4.69) is 20.7 Å². The summed E-state index contributed by atoms with van der Waals surface area (Å²) in [5, 5.41) is 20.7. The Morgan fingerprint density at radius 1 is 1.20 bits per heavy atom. The number of aromatic nitrogens is 3. The number of aryl methyl sites for hydroxylation is 2. The van der Waals surface area contributed by atoms with Gasteiger partial charge in [0.2, 0.25) is 21.8 Å². The van der Waals surface area contributed by atoms with Crippen LogP contribution >= 0.6 is 11.8 Å². The zero-order valence-electron chi connectivity index (χ0n) is 25.0. The maximum absolute atomic E-state index is 13.7. The molecule has 1 fully saturated rings. The smallest absolute Gasteiger partial charge is 0.304 e. The van der Waals surface area contributed by atoms with Gasteiger partial charge in [0, 0.05) is 25.4 Å². The number of carboxylic acids is 1. The molecular formula is C30H38N6O6S2. The second-order valence-corrected chi connectivity index (χ2v) is 14.3. The van der Waals surface area contributed by atoms with Crippen molar-refractivity contribution in [1.29, 1.82) is 0 Å². The highest BCUT2D eigenvalue weighted by atomic mass is 32.2. The average molecular weight is 643 g/mol. The number of benzene rings is 1. The van der Waals surface area contributed by atoms with E-state index in [4.69, 9.17) is 4.74 Å². The maximum atomic E-state index is 13.7. The lowest BCUT2D eigenvalue weighted by molar-refractivity contribution is -0.137. The Hall–Kier alpha value is -3.62. The number of carbonyl (C=O) groups is 2. The van der Waals surface area contributed by atoms with E-state index in [1.165, 1.54) is 23.9 Å². The van der Waals surface area contributed by atoms with Crippen LogP contribution in [0.1, 0.15) is 61.4 Å². The molecule has 1 aromatic carbocycles. The van der Waals surface area contributed by atoms with Crippen LogP contribution in [0.25, 0.3) is 0 Å². The summed E-state index contributed by atoms with van der Waals surface area (Å²) in [6, 6.07) is 11.8. The fraction of sp³-hybridized carbons (Fsp3) is 0.467. The lowest BCUT2D eigenvalue weighted by atomic mass is 9.87. The summed E-state index contributed by atoms with van der Waals surface area (Å²) < 4.78 is 35.4. The molecule has 1 aliphatic heterocycles. The van der Waals surface area contributed by atoms with Crippen LogP contribution < -0.4 is 15.4 Å². The molecule has 5 rings (SSSR count). The Morgan fingerprint density at radius 2 is 1.93 bits per heavy atom. The van der Waals surface area contributed by atoms with Crippen molar-refractivity contribution < 1.29 is 27.9 Å². The summed E-state index contributed by atoms with van der Waals surface area (Å²) in [7, 11) is -0.729. The number of sulfonamides is 1. The van der Waals surface area contributed by atoms with Crippen molar-refractivity contribution >= 4 is 39.3 Å². The van der Waals surface area contributed by atoms with Crippen molar-refractivity contribution in [2.75, 3.05) is 19.0 Å². The second-order valence-electron chi connectivity index (χ2n) is 11.2. The number of thioether (sulfide) groups is 1. The molecule has 0 bridgehead atoms. The number of nitrogens with zero attached hydrogens (tertiary/aromatic N) is 4. The van der Waals surface area contributed by atoms with Crippen molar-refractivity contribution in [1.82, 2.24) is 24.4 Å². The van der Waals surface area contributed by atoms with Gasteiger partial charge in [0.1, 0.15) is 5.03 Å². The van der Waals surface area contributed by atoms with E-state index in [1.807, 2.05) is 13.0 Å². The molecular weight excluding hydrogens is 604 g/mol. The summed E-state index contributed by atoms with van der Waals surface area (Å²) in [6.07, 6.45) is 4.73. The van der Waals surface area contributed by atoms with E-state index in [0.717, 1.165) is 52.0 Å². The molecule has 236 valence electrons. The molecule has 2 aromatic heterocycles. The molecule has 1 aliphatic carbocycles. The van der Waals surface area contributed by atoms with Crippen molar-refractivity contribution in [3.8, 4) is 5.88 Å². The topological polar surface area (TPSA) is 156 Å². The van der Waals surface area contributed by atoms with Crippen LogP contribution in [0.2, 0.25) is 0 Å². The van der Waals surface area contributed by atoms with Gasteiger partial charge in [0.25, 0.3) is 0 Å². The Labute approximate surface area is 261 Å². The van der Waals surface area contributed by atoms with Crippen LogP contribution in [0.15, 0.2) is 52.4 Å². The molecule has 2 aliphatic rings. The van der Waals surface area contributed by atoms with E-state index in [0.29, 0.717) is 23.9 Å². The summed E-state index contributed by atoms with van der Waals surface area (Å²) in [4.78, 5) is 29.5. The van der Waals surface area contributed by atoms with Gasteiger partial charge >= 0.3 is 5.97 Å². The Balaban J connectivity index is 1.35. The van der Waals surface area contributed by atoms with Crippen LogP contribution in [0.3, 0.4) is 0 Å². The third-order valence-corrected chi connectivity index (χ3v) is 11.1. The quantitative estimate of drug-likeness (QED) is 0.248. The van der Waals surface area contributed by atoms with Gasteiger partial charge in [-0.05, 0) is 49.1 Å². The number of rotatable bonds is 13. The fourth-order valence-corrected chi connectivity index (χ4v) is 8.10. The van der Waals surface area contributed by atoms with Crippen LogP contribution in [-0.4, -0.2) is 63.6 Å².